The van der Waals surface area contributed by atoms with Gasteiger partial charge in [0, 0.05) is 22.1 Å². The van der Waals surface area contributed by atoms with Crippen LogP contribution < -0.4 is 0 Å². The van der Waals surface area contributed by atoms with Crippen LogP contribution in [0.4, 0.5) is 0 Å². The zero-order valence-electron chi connectivity index (χ0n) is 11.7. The second-order valence-electron chi connectivity index (χ2n) is 5.68. The molecule has 2 aliphatic carbocycles. The van der Waals surface area contributed by atoms with Crippen LogP contribution in [-0.2, 0) is 0 Å². The third kappa shape index (κ3) is 1.59. The van der Waals surface area contributed by atoms with Gasteiger partial charge in [-0.15, -0.1) is 11.6 Å². The van der Waals surface area contributed by atoms with Gasteiger partial charge < -0.3 is 4.42 Å². The Hall–Kier alpha value is -2.32. The van der Waals surface area contributed by atoms with Crippen LogP contribution in [0.3, 0.4) is 0 Å². The topological polar surface area (TPSA) is 26.0 Å². The van der Waals surface area contributed by atoms with Gasteiger partial charge in [0.1, 0.15) is 5.69 Å². The van der Waals surface area contributed by atoms with Crippen LogP contribution in [0.5, 0.6) is 0 Å². The molecule has 1 unspecified atom stereocenters. The van der Waals surface area contributed by atoms with Crippen molar-refractivity contribution in [3.05, 3.63) is 60.5 Å². The van der Waals surface area contributed by atoms with Gasteiger partial charge in [0.15, 0.2) is 5.76 Å². The van der Waals surface area contributed by atoms with E-state index in [-0.39, 0.29) is 5.38 Å². The Bertz CT molecular complexity index is 924. The van der Waals surface area contributed by atoms with Crippen LogP contribution in [0.2, 0.25) is 0 Å². The molecule has 0 saturated heterocycles. The number of fused-ring (bicyclic) bond motifs is 3. The Kier molecular flexibility index (Phi) is 2.42. The number of oxazole rings is 1. The van der Waals surface area contributed by atoms with Crippen molar-refractivity contribution in [1.29, 1.82) is 0 Å². The van der Waals surface area contributed by atoms with E-state index in [4.69, 9.17) is 21.0 Å². The Labute approximate surface area is 132 Å². The maximum Gasteiger partial charge on any atom is 0.227 e. The summed E-state index contributed by atoms with van der Waals surface area (Å²) in [6.45, 7) is 0. The lowest BCUT2D eigenvalue weighted by Crippen LogP contribution is -1.97. The van der Waals surface area contributed by atoms with E-state index in [0.29, 0.717) is 5.89 Å². The highest BCUT2D eigenvalue weighted by molar-refractivity contribution is 6.22. The third-order valence-corrected chi connectivity index (χ3v) is 4.65. The van der Waals surface area contributed by atoms with Gasteiger partial charge in [-0.05, 0) is 11.8 Å². The molecule has 1 atom stereocenters. The summed E-state index contributed by atoms with van der Waals surface area (Å²) in [4.78, 5) is 4.75. The second kappa shape index (κ2) is 4.34. The minimum atomic E-state index is 0.0695. The number of halogens is 1. The summed E-state index contributed by atoms with van der Waals surface area (Å²) in [7, 11) is 0. The van der Waals surface area contributed by atoms with Gasteiger partial charge in [-0.3, -0.25) is 0 Å². The van der Waals surface area contributed by atoms with E-state index in [2.05, 4.69) is 42.5 Å². The first kappa shape index (κ1) is 12.2. The molecule has 2 aliphatic rings. The number of hydrogen-bond donors (Lipinski definition) is 0. The fraction of sp³-hybridized carbons (Fsp3) is 0.105. The molecule has 1 aromatic heterocycles. The molecule has 3 heteroatoms. The van der Waals surface area contributed by atoms with Gasteiger partial charge in [0.05, 0.1) is 5.38 Å². The van der Waals surface area contributed by atoms with Crippen LogP contribution in [0.15, 0.2) is 59.0 Å². The van der Waals surface area contributed by atoms with Crippen molar-refractivity contribution in [2.24, 2.45) is 0 Å². The van der Waals surface area contributed by atoms with E-state index >= 15 is 0 Å². The first-order valence-electron chi connectivity index (χ1n) is 7.37. The van der Waals surface area contributed by atoms with Crippen molar-refractivity contribution in [2.75, 3.05) is 0 Å². The molecule has 0 N–H and O–H groups in total. The molecule has 0 radical (unpaired) electrons. The third-order valence-electron chi connectivity index (χ3n) is 4.33. The van der Waals surface area contributed by atoms with Crippen LogP contribution in [-0.4, -0.2) is 10.4 Å². The van der Waals surface area contributed by atoms with Gasteiger partial charge in [0.2, 0.25) is 5.89 Å². The largest absolute Gasteiger partial charge is 0.435 e. The standard InChI is InChI=1S/C19H12ClNO/c20-13-9-7-12(8-10-13)19-21-17-14-5-1-3-11-4-2-6-15(16(11)14)18(17)22-19/h1-9,13H,10H2. The first-order valence-corrected chi connectivity index (χ1v) is 7.81. The molecule has 0 saturated carbocycles. The highest BCUT2D eigenvalue weighted by Crippen LogP contribution is 2.47. The summed E-state index contributed by atoms with van der Waals surface area (Å²) in [5.74, 6) is 1.56. The van der Waals surface area contributed by atoms with Gasteiger partial charge in [-0.25, -0.2) is 4.98 Å². The van der Waals surface area contributed by atoms with E-state index in [1.807, 2.05) is 12.2 Å². The van der Waals surface area contributed by atoms with Crippen LogP contribution >= 0.6 is 11.6 Å². The van der Waals surface area contributed by atoms with E-state index < -0.39 is 0 Å². The van der Waals surface area contributed by atoms with Crippen LogP contribution in [0.25, 0.3) is 38.9 Å². The molecule has 0 bridgehead atoms. The number of rotatable bonds is 1. The molecule has 0 fully saturated rings. The molecular weight excluding hydrogens is 294 g/mol. The number of aromatic nitrogens is 1. The number of nitrogens with zero attached hydrogens (tertiary/aromatic N) is 1. The molecule has 1 heterocycles. The fourth-order valence-electron chi connectivity index (χ4n) is 3.29. The van der Waals surface area contributed by atoms with Crippen molar-refractivity contribution in [3.63, 3.8) is 0 Å². The summed E-state index contributed by atoms with van der Waals surface area (Å²) < 4.78 is 6.10. The summed E-state index contributed by atoms with van der Waals surface area (Å²) in [6.07, 6.45) is 6.88. The van der Waals surface area contributed by atoms with Crippen molar-refractivity contribution in [3.8, 4) is 22.6 Å². The molecule has 0 aliphatic heterocycles. The maximum atomic E-state index is 6.10. The van der Waals surface area contributed by atoms with E-state index in [0.717, 1.165) is 34.6 Å². The van der Waals surface area contributed by atoms with Crippen LogP contribution in [0.1, 0.15) is 12.3 Å². The zero-order chi connectivity index (χ0) is 14.7. The Balaban J connectivity index is 1.71. The Morgan fingerprint density at radius 1 is 1.09 bits per heavy atom. The predicted octanol–water partition coefficient (Wildman–Crippen LogP) is 5.43. The van der Waals surface area contributed by atoms with Crippen LogP contribution in [0, 0.1) is 0 Å². The minimum Gasteiger partial charge on any atom is -0.435 e. The quantitative estimate of drug-likeness (QED) is 0.438. The normalized spacial score (nSPS) is 18.6. The fourth-order valence-corrected chi connectivity index (χ4v) is 3.45. The van der Waals surface area contributed by atoms with Gasteiger partial charge >= 0.3 is 0 Å². The SMILES string of the molecule is ClC1C=CC(c2nc3c(o2)-c2cccc4cccc-3c24)=CC1. The lowest BCUT2D eigenvalue weighted by atomic mass is 10.0. The van der Waals surface area contributed by atoms with E-state index in [9.17, 15) is 0 Å². The highest BCUT2D eigenvalue weighted by Gasteiger charge is 2.28. The van der Waals surface area contributed by atoms with Gasteiger partial charge in [-0.2, -0.15) is 0 Å². The van der Waals surface area contributed by atoms with Crippen molar-refractivity contribution in [1.82, 2.24) is 4.98 Å². The number of allylic oxidation sites excluding steroid dienone is 4. The average molecular weight is 306 g/mol. The van der Waals surface area contributed by atoms with E-state index in [1.165, 1.54) is 10.8 Å². The summed E-state index contributed by atoms with van der Waals surface area (Å²) >= 11 is 6.08. The molecule has 22 heavy (non-hydrogen) atoms. The van der Waals surface area contributed by atoms with Crippen molar-refractivity contribution in [2.45, 2.75) is 11.8 Å². The number of benzene rings is 2. The molecule has 2 nitrogen and oxygen atoms in total. The average Bonchev–Trinajstić information content (AvgIpc) is 3.10. The maximum absolute atomic E-state index is 6.10. The van der Waals surface area contributed by atoms with Crippen molar-refractivity contribution < 1.29 is 4.42 Å². The summed E-state index contributed by atoms with van der Waals surface area (Å²) in [5, 5.41) is 2.54. The molecule has 0 spiro atoms. The minimum absolute atomic E-state index is 0.0695. The van der Waals surface area contributed by atoms with Gasteiger partial charge in [0.25, 0.3) is 0 Å². The highest BCUT2D eigenvalue weighted by atomic mass is 35.5. The summed E-state index contributed by atoms with van der Waals surface area (Å²) in [6, 6.07) is 12.6. The van der Waals surface area contributed by atoms with Crippen molar-refractivity contribution >= 4 is 27.9 Å². The van der Waals surface area contributed by atoms with Gasteiger partial charge in [-0.1, -0.05) is 54.6 Å². The smallest absolute Gasteiger partial charge is 0.227 e. The lowest BCUT2D eigenvalue weighted by Gasteiger charge is -2.07. The molecule has 5 rings (SSSR count). The predicted molar refractivity (Wildman–Crippen MR) is 89.8 cm³/mol. The Morgan fingerprint density at radius 3 is 2.68 bits per heavy atom. The molecular formula is C19H12ClNO. The first-order chi connectivity index (χ1) is 10.8. The summed E-state index contributed by atoms with van der Waals surface area (Å²) in [5.41, 5.74) is 4.26. The second-order valence-corrected chi connectivity index (χ2v) is 6.24. The number of hydrogen-bond acceptors (Lipinski definition) is 2. The molecule has 3 aromatic rings. The van der Waals surface area contributed by atoms with E-state index in [1.54, 1.807) is 0 Å². The number of alkyl halides is 1. The molecule has 106 valence electrons. The Morgan fingerprint density at radius 2 is 1.91 bits per heavy atom. The lowest BCUT2D eigenvalue weighted by molar-refractivity contribution is 0.557. The zero-order valence-corrected chi connectivity index (χ0v) is 12.5. The monoisotopic (exact) mass is 305 g/mol. The molecule has 2 aromatic carbocycles. The molecule has 0 amide bonds.